The zero-order valence-corrected chi connectivity index (χ0v) is 31.1. The van der Waals surface area contributed by atoms with Crippen molar-refractivity contribution in [2.75, 3.05) is 0 Å². The summed E-state index contributed by atoms with van der Waals surface area (Å²) in [7, 11) is 1.08. The smallest absolute Gasteiger partial charge is 0.297 e. The van der Waals surface area contributed by atoms with Gasteiger partial charge in [-0.3, -0.25) is 9.13 Å². The van der Waals surface area contributed by atoms with Gasteiger partial charge in [0.1, 0.15) is 23.8 Å². The van der Waals surface area contributed by atoms with Crippen molar-refractivity contribution in [1.29, 1.82) is 0 Å². The summed E-state index contributed by atoms with van der Waals surface area (Å²) in [4.78, 5) is 0. The van der Waals surface area contributed by atoms with Crippen LogP contribution < -0.4 is 10.1 Å². The maximum Gasteiger partial charge on any atom is 0.320 e. The van der Waals surface area contributed by atoms with Gasteiger partial charge in [0, 0.05) is 12.4 Å². The van der Waals surface area contributed by atoms with E-state index >= 15 is 0 Å². The first-order valence-corrected chi connectivity index (χ1v) is 17.4. The van der Waals surface area contributed by atoms with E-state index in [9.17, 15) is 0 Å². The van der Waals surface area contributed by atoms with Crippen LogP contribution in [0.25, 0.3) is 22.7 Å². The number of aryl methyl sites for hydroxylation is 12. The van der Waals surface area contributed by atoms with Crippen molar-refractivity contribution in [2.24, 2.45) is 0 Å². The molecule has 0 N–H and O–H groups in total. The maximum absolute atomic E-state index is 2.43. The van der Waals surface area contributed by atoms with Crippen LogP contribution in [0.5, 0.6) is 0 Å². The fourth-order valence-corrected chi connectivity index (χ4v) is 9.25. The summed E-state index contributed by atoms with van der Waals surface area (Å²) in [5.41, 5.74) is 21.5. The van der Waals surface area contributed by atoms with Crippen molar-refractivity contribution in [1.82, 2.24) is 13.7 Å². The number of nitrogens with zero attached hydrogens (tertiary/aromatic N) is 4. The number of rotatable bonds is 5. The van der Waals surface area contributed by atoms with Crippen molar-refractivity contribution < 1.29 is 4.57 Å². The Morgan fingerprint density at radius 3 is 1.09 bits per heavy atom. The molecular weight excluding hydrogens is 591 g/mol. The summed E-state index contributed by atoms with van der Waals surface area (Å²) < 4.78 is 9.71. The molecule has 4 nitrogen and oxygen atoms in total. The quantitative estimate of drug-likeness (QED) is 0.132. The first-order valence-electron chi connectivity index (χ1n) is 16.6. The minimum absolute atomic E-state index is 1.08. The van der Waals surface area contributed by atoms with E-state index < -0.39 is 0 Å². The van der Waals surface area contributed by atoms with Gasteiger partial charge in [-0.05, 0) is 128 Å². The molecule has 5 heteroatoms. The third-order valence-corrected chi connectivity index (χ3v) is 10.6. The molecular formula is C42H48N4P+. The number of hydrogen-bond donors (Lipinski definition) is 0. The van der Waals surface area contributed by atoms with Gasteiger partial charge >= 0.3 is 5.57 Å². The number of benzene rings is 4. The molecule has 0 atom stereocenters. The van der Waals surface area contributed by atoms with Gasteiger partial charge in [0.25, 0.3) is 0 Å². The molecule has 0 fully saturated rings. The number of aromatic nitrogens is 4. The molecule has 2 heterocycles. The molecule has 0 aliphatic heterocycles. The lowest BCUT2D eigenvalue weighted by Crippen LogP contribution is -2.45. The molecule has 0 spiro atoms. The van der Waals surface area contributed by atoms with Gasteiger partial charge in [-0.25, -0.2) is 0 Å². The van der Waals surface area contributed by atoms with Gasteiger partial charge in [-0.2, -0.15) is 9.13 Å². The predicted octanol–water partition coefficient (Wildman–Crippen LogP) is 9.84. The van der Waals surface area contributed by atoms with Crippen molar-refractivity contribution in [3.8, 4) is 22.7 Å². The van der Waals surface area contributed by atoms with Crippen LogP contribution in [0.2, 0.25) is 0 Å². The lowest BCUT2D eigenvalue weighted by atomic mass is 10.0. The van der Waals surface area contributed by atoms with Crippen LogP contribution in [0.1, 0.15) is 66.8 Å². The molecule has 2 aromatic heterocycles. The van der Waals surface area contributed by atoms with Crippen molar-refractivity contribution in [2.45, 2.75) is 83.1 Å². The van der Waals surface area contributed by atoms with Crippen LogP contribution in [-0.4, -0.2) is 13.7 Å². The van der Waals surface area contributed by atoms with Gasteiger partial charge < -0.3 is 0 Å². The Bertz CT molecular complexity index is 2030. The topological polar surface area (TPSA) is 18.7 Å². The summed E-state index contributed by atoms with van der Waals surface area (Å²) in [6.45, 7) is 26.7. The first-order chi connectivity index (χ1) is 22.2. The van der Waals surface area contributed by atoms with E-state index in [1.165, 1.54) is 100 Å². The third-order valence-electron chi connectivity index (χ3n) is 9.30. The largest absolute Gasteiger partial charge is 0.320 e. The number of imidazole rings is 2. The van der Waals surface area contributed by atoms with Gasteiger partial charge in [0.15, 0.2) is 5.20 Å². The highest BCUT2D eigenvalue weighted by atomic mass is 31.1. The zero-order chi connectivity index (χ0) is 33.9. The second kappa shape index (κ2) is 12.3. The molecule has 0 bridgehead atoms. The molecule has 0 amide bonds. The van der Waals surface area contributed by atoms with Crippen molar-refractivity contribution in [3.63, 3.8) is 0 Å². The first kappa shape index (κ1) is 32.5. The SMILES string of the molecule is Cc1cc(C)c(-n2cc[n+](-c3c(C)cc(C)cc3C)c2P=c2n(-c3c(C)cc(C)cc3C)ccn2-c2c(C)cc(C)cc2C)c(C)c1. The summed E-state index contributed by atoms with van der Waals surface area (Å²) in [5, 5.41) is 1.19. The Hall–Kier alpha value is -4.40. The monoisotopic (exact) mass is 639 g/mol. The van der Waals surface area contributed by atoms with Gasteiger partial charge in [-0.1, -0.05) is 70.8 Å². The molecule has 6 rings (SSSR count). The highest BCUT2D eigenvalue weighted by Gasteiger charge is 2.26. The van der Waals surface area contributed by atoms with E-state index in [1.807, 2.05) is 0 Å². The Morgan fingerprint density at radius 1 is 0.404 bits per heavy atom. The lowest BCUT2D eigenvalue weighted by molar-refractivity contribution is -0.575. The van der Waals surface area contributed by atoms with E-state index in [1.54, 1.807) is 0 Å². The van der Waals surface area contributed by atoms with E-state index in [0.29, 0.717) is 0 Å². The summed E-state index contributed by atoms with van der Waals surface area (Å²) >= 11 is 0. The predicted molar refractivity (Wildman–Crippen MR) is 199 cm³/mol. The minimum Gasteiger partial charge on any atom is -0.297 e. The number of hydrogen-bond acceptors (Lipinski definition) is 0. The Kier molecular flexibility index (Phi) is 8.53. The molecule has 0 aliphatic rings. The molecule has 0 radical (unpaired) electrons. The molecule has 240 valence electrons. The van der Waals surface area contributed by atoms with Crippen LogP contribution in [-0.2, 0) is 0 Å². The second-order valence-electron chi connectivity index (χ2n) is 13.8. The van der Waals surface area contributed by atoms with E-state index in [2.05, 4.69) is 175 Å². The molecule has 0 aliphatic carbocycles. The fourth-order valence-electron chi connectivity index (χ4n) is 7.98. The Balaban J connectivity index is 1.80. The van der Waals surface area contributed by atoms with Crippen LogP contribution in [0.4, 0.5) is 0 Å². The Labute approximate surface area is 282 Å². The molecule has 47 heavy (non-hydrogen) atoms. The lowest BCUT2D eigenvalue weighted by Gasteiger charge is -2.16. The van der Waals surface area contributed by atoms with Crippen molar-refractivity contribution in [3.05, 3.63) is 145 Å². The highest BCUT2D eigenvalue weighted by molar-refractivity contribution is 7.37. The average Bonchev–Trinajstić information content (AvgIpc) is 3.51. The van der Waals surface area contributed by atoms with Crippen LogP contribution in [0.3, 0.4) is 0 Å². The Morgan fingerprint density at radius 2 is 0.723 bits per heavy atom. The second-order valence-corrected chi connectivity index (χ2v) is 14.8. The van der Waals surface area contributed by atoms with Crippen LogP contribution in [0.15, 0.2) is 73.3 Å². The van der Waals surface area contributed by atoms with Crippen LogP contribution >= 0.6 is 8.20 Å². The standard InChI is InChI=1S/C42H48N4P/c1-25-17-29(5)37(30(6)18-25)43-13-14-44(38-31(7)19-26(2)20-32(38)8)41(43)47-42-45(39-33(9)21-27(3)22-34(39)10)15-16-46(42)40-35(11)23-28(4)24-36(40)12/h13-24H,1-12H3/q+1. The van der Waals surface area contributed by atoms with Gasteiger partial charge in [-0.15, -0.1) is 0 Å². The van der Waals surface area contributed by atoms with Gasteiger partial charge in [0.2, 0.25) is 0 Å². The minimum atomic E-state index is 1.08. The summed E-state index contributed by atoms with van der Waals surface area (Å²) in [6.07, 6.45) is 9.03. The summed E-state index contributed by atoms with van der Waals surface area (Å²) in [6, 6.07) is 18.4. The molecule has 0 saturated heterocycles. The van der Waals surface area contributed by atoms with E-state index in [4.69, 9.17) is 0 Å². The van der Waals surface area contributed by atoms with Crippen molar-refractivity contribution >= 4 is 13.8 Å². The molecule has 0 saturated carbocycles. The normalized spacial score (nSPS) is 11.6. The highest BCUT2D eigenvalue weighted by Crippen LogP contribution is 2.29. The fraction of sp³-hybridized carbons (Fsp3) is 0.286. The molecule has 0 unspecified atom stereocenters. The average molecular weight is 640 g/mol. The van der Waals surface area contributed by atoms with E-state index in [0.717, 1.165) is 8.20 Å². The zero-order valence-electron chi connectivity index (χ0n) is 30.2. The molecule has 4 aromatic carbocycles. The third kappa shape index (κ3) is 5.85. The molecule has 6 aromatic rings. The maximum atomic E-state index is 2.43. The van der Waals surface area contributed by atoms with Gasteiger partial charge in [0.05, 0.1) is 19.6 Å². The van der Waals surface area contributed by atoms with E-state index in [-0.39, 0.29) is 0 Å². The van der Waals surface area contributed by atoms with Crippen LogP contribution in [0, 0.1) is 88.3 Å². The summed E-state index contributed by atoms with van der Waals surface area (Å²) in [5.74, 6) is 0.